The van der Waals surface area contributed by atoms with Crippen LogP contribution in [0.25, 0.3) is 10.4 Å². The van der Waals surface area contributed by atoms with E-state index in [1.807, 2.05) is 30.5 Å². The number of benzene rings is 3. The number of alkyl carbamates (subject to hydrolysis) is 1. The summed E-state index contributed by atoms with van der Waals surface area (Å²) in [5.74, 6) is -1.72. The highest BCUT2D eigenvalue weighted by atomic mass is 32.1. The lowest BCUT2D eigenvalue weighted by atomic mass is 9.85. The summed E-state index contributed by atoms with van der Waals surface area (Å²) in [6.45, 7) is 9.52. The van der Waals surface area contributed by atoms with Gasteiger partial charge in [0.2, 0.25) is 11.8 Å². The molecule has 1 aliphatic rings. The minimum atomic E-state index is -1.31. The number of halogens is 1. The number of amides is 3. The molecule has 0 radical (unpaired) electrons. The predicted molar refractivity (Wildman–Crippen MR) is 209 cm³/mol. The first-order valence-corrected chi connectivity index (χ1v) is 19.3. The Hall–Kier alpha value is -4.85. The molecule has 3 aromatic carbocycles. The van der Waals surface area contributed by atoms with E-state index in [4.69, 9.17) is 9.47 Å². The molecule has 4 aromatic rings. The molecule has 6 atom stereocenters. The van der Waals surface area contributed by atoms with Crippen LogP contribution in [0.15, 0.2) is 79.0 Å². The van der Waals surface area contributed by atoms with Gasteiger partial charge in [-0.2, -0.15) is 0 Å². The van der Waals surface area contributed by atoms with Crippen molar-refractivity contribution in [3.63, 3.8) is 0 Å². The average molecular weight is 775 g/mol. The molecule has 55 heavy (non-hydrogen) atoms. The van der Waals surface area contributed by atoms with Crippen LogP contribution in [0.3, 0.4) is 0 Å². The van der Waals surface area contributed by atoms with Gasteiger partial charge in [0.05, 0.1) is 35.2 Å². The van der Waals surface area contributed by atoms with Crippen LogP contribution in [0, 0.1) is 17.2 Å². The molecular formula is C42H51FN4O7S. The highest BCUT2D eigenvalue weighted by Gasteiger charge is 2.38. The van der Waals surface area contributed by atoms with E-state index in [2.05, 4.69) is 34.8 Å². The lowest BCUT2D eigenvalue weighted by Crippen LogP contribution is -2.57. The van der Waals surface area contributed by atoms with Gasteiger partial charge in [0.25, 0.3) is 0 Å². The smallest absolute Gasteiger partial charge is 0.407 e. The van der Waals surface area contributed by atoms with Crippen molar-refractivity contribution in [2.24, 2.45) is 11.3 Å². The summed E-state index contributed by atoms with van der Waals surface area (Å²) >= 11 is 1.62. The van der Waals surface area contributed by atoms with Gasteiger partial charge >= 0.3 is 6.09 Å². The number of para-hydroxylation sites is 1. The third kappa shape index (κ3) is 10.7. The summed E-state index contributed by atoms with van der Waals surface area (Å²) in [6.07, 6.45) is -1.37. The van der Waals surface area contributed by atoms with Gasteiger partial charge in [-0.3, -0.25) is 9.59 Å². The first-order chi connectivity index (χ1) is 26.1. The van der Waals surface area contributed by atoms with E-state index in [0.29, 0.717) is 17.2 Å². The number of rotatable bonds is 14. The number of hydrogen-bond acceptors (Lipinski definition) is 9. The minimum absolute atomic E-state index is 0.0358. The maximum atomic E-state index is 15.1. The lowest BCUT2D eigenvalue weighted by Gasteiger charge is -2.34. The summed E-state index contributed by atoms with van der Waals surface area (Å²) in [7, 11) is 1.21. The Kier molecular flexibility index (Phi) is 13.7. The molecule has 0 saturated heterocycles. The zero-order valence-electron chi connectivity index (χ0n) is 32.0. The Morgan fingerprint density at radius 3 is 2.33 bits per heavy atom. The molecule has 5 rings (SSSR count). The molecule has 0 unspecified atom stereocenters. The van der Waals surface area contributed by atoms with Crippen molar-refractivity contribution in [1.82, 2.24) is 20.9 Å². The maximum absolute atomic E-state index is 15.1. The SMILES string of the molecule is COC(=O)N[C@H](C(=O)N[C@@H](Cc1ccc(-c2cnc(C(C)C)s2)cc1)[C@@H](O)C[C@@H](Cc1ccccc1F)C(=O)N[C@H]1c2ccccc2OC[C@H]1O)C(C)(C)C. The van der Waals surface area contributed by atoms with Crippen molar-refractivity contribution in [1.29, 1.82) is 0 Å². The van der Waals surface area contributed by atoms with Gasteiger partial charge < -0.3 is 35.6 Å². The van der Waals surface area contributed by atoms with Gasteiger partial charge in [0.15, 0.2) is 0 Å². The third-order valence-corrected chi connectivity index (χ3v) is 11.1. The normalized spacial score (nSPS) is 17.6. The molecule has 3 amide bonds. The number of thiazole rings is 1. The number of fused-ring (bicyclic) bond motifs is 1. The number of aromatic nitrogens is 1. The molecule has 1 aromatic heterocycles. The number of carbonyl (C=O) groups is 3. The van der Waals surface area contributed by atoms with Gasteiger partial charge in [-0.05, 0) is 53.5 Å². The van der Waals surface area contributed by atoms with Gasteiger partial charge in [-0.15, -0.1) is 11.3 Å². The van der Waals surface area contributed by atoms with Crippen LogP contribution >= 0.6 is 11.3 Å². The van der Waals surface area contributed by atoms with E-state index in [9.17, 15) is 24.6 Å². The Bertz CT molecular complexity index is 1930. The first kappa shape index (κ1) is 41.3. The fourth-order valence-corrected chi connectivity index (χ4v) is 7.54. The molecule has 294 valence electrons. The molecule has 1 aliphatic heterocycles. The van der Waals surface area contributed by atoms with E-state index in [1.54, 1.807) is 74.6 Å². The van der Waals surface area contributed by atoms with Crippen molar-refractivity contribution < 1.29 is 38.5 Å². The van der Waals surface area contributed by atoms with Crippen molar-refractivity contribution in [3.05, 3.63) is 107 Å². The van der Waals surface area contributed by atoms with Gasteiger partial charge in [-0.25, -0.2) is 14.2 Å². The highest BCUT2D eigenvalue weighted by molar-refractivity contribution is 7.15. The van der Waals surface area contributed by atoms with E-state index >= 15 is 4.39 Å². The number of ether oxygens (including phenoxy) is 2. The predicted octanol–water partition coefficient (Wildman–Crippen LogP) is 6.09. The van der Waals surface area contributed by atoms with Crippen molar-refractivity contribution in [2.75, 3.05) is 13.7 Å². The topological polar surface area (TPSA) is 159 Å². The molecule has 0 aliphatic carbocycles. The molecule has 0 bridgehead atoms. The van der Waals surface area contributed by atoms with Crippen LogP contribution in [-0.2, 0) is 27.2 Å². The van der Waals surface area contributed by atoms with E-state index < -0.39 is 65.4 Å². The number of nitrogens with zero attached hydrogens (tertiary/aromatic N) is 1. The second-order valence-electron chi connectivity index (χ2n) is 15.4. The van der Waals surface area contributed by atoms with Crippen LogP contribution in [0.5, 0.6) is 5.75 Å². The summed E-state index contributed by atoms with van der Waals surface area (Å²) in [5, 5.41) is 32.4. The summed E-state index contributed by atoms with van der Waals surface area (Å²) in [6, 6.07) is 18.2. The number of aliphatic hydroxyl groups is 2. The Morgan fingerprint density at radius 1 is 0.982 bits per heavy atom. The summed E-state index contributed by atoms with van der Waals surface area (Å²) in [4.78, 5) is 46.0. The summed E-state index contributed by atoms with van der Waals surface area (Å²) in [5.41, 5.74) is 1.90. The number of nitrogens with one attached hydrogen (secondary N) is 3. The van der Waals surface area contributed by atoms with Crippen LogP contribution in [0.1, 0.15) is 74.7 Å². The quantitative estimate of drug-likeness (QED) is 0.103. The molecule has 0 spiro atoms. The molecule has 2 heterocycles. The average Bonchev–Trinajstić information content (AvgIpc) is 3.66. The Morgan fingerprint density at radius 2 is 1.67 bits per heavy atom. The minimum Gasteiger partial charge on any atom is -0.490 e. The van der Waals surface area contributed by atoms with E-state index in [-0.39, 0.29) is 31.4 Å². The van der Waals surface area contributed by atoms with Gasteiger partial charge in [0, 0.05) is 23.6 Å². The largest absolute Gasteiger partial charge is 0.490 e. The first-order valence-electron chi connectivity index (χ1n) is 18.5. The number of methoxy groups -OCH3 is 1. The monoisotopic (exact) mass is 774 g/mol. The third-order valence-electron chi connectivity index (χ3n) is 9.75. The molecule has 11 nitrogen and oxygen atoms in total. The van der Waals surface area contributed by atoms with Crippen LogP contribution < -0.4 is 20.7 Å². The molecule has 0 saturated carbocycles. The van der Waals surface area contributed by atoms with Crippen molar-refractivity contribution in [2.45, 2.75) is 90.1 Å². The van der Waals surface area contributed by atoms with Crippen LogP contribution in [0.4, 0.5) is 9.18 Å². The number of carbonyl (C=O) groups excluding carboxylic acids is 3. The van der Waals surface area contributed by atoms with E-state index in [0.717, 1.165) is 21.0 Å². The lowest BCUT2D eigenvalue weighted by molar-refractivity contribution is -0.128. The number of hydrogen-bond donors (Lipinski definition) is 5. The zero-order valence-corrected chi connectivity index (χ0v) is 32.9. The molecular weight excluding hydrogens is 724 g/mol. The molecule has 0 fully saturated rings. The van der Waals surface area contributed by atoms with Gasteiger partial charge in [0.1, 0.15) is 30.3 Å². The van der Waals surface area contributed by atoms with Crippen molar-refractivity contribution in [3.8, 4) is 16.2 Å². The Balaban J connectivity index is 1.44. The van der Waals surface area contributed by atoms with E-state index in [1.165, 1.54) is 13.2 Å². The summed E-state index contributed by atoms with van der Waals surface area (Å²) < 4.78 is 25.5. The van der Waals surface area contributed by atoms with Crippen LogP contribution in [-0.4, -0.2) is 71.1 Å². The fourth-order valence-electron chi connectivity index (χ4n) is 6.61. The second kappa shape index (κ2) is 18.2. The molecule has 5 N–H and O–H groups in total. The second-order valence-corrected chi connectivity index (χ2v) is 16.4. The fraction of sp³-hybridized carbons (Fsp3) is 0.429. The maximum Gasteiger partial charge on any atom is 0.407 e. The standard InChI is InChI=1S/C42H51FN4O7S/c1-24(2)40-44-22-35(55-40)26-17-15-25(16-18-26)19-31(45-39(51)37(42(3,4)5)47-41(52)53-6)32(48)21-28(20-27-11-7-9-13-30(27)43)38(50)46-36-29-12-8-10-14-34(29)54-23-33(36)49/h7-18,22,24,28,31-33,36-37,48-49H,19-21,23H2,1-6H3,(H,45,51)(H,46,50)(H,47,52)/t28-,31+,32+,33-,36+,37-/m1/s1. The highest BCUT2D eigenvalue weighted by Crippen LogP contribution is 2.33. The zero-order chi connectivity index (χ0) is 39.9. The van der Waals surface area contributed by atoms with Crippen LogP contribution in [0.2, 0.25) is 0 Å². The number of aliphatic hydroxyl groups excluding tert-OH is 2. The van der Waals surface area contributed by atoms with Crippen molar-refractivity contribution >= 4 is 29.2 Å². The molecule has 13 heteroatoms. The Labute approximate surface area is 325 Å². The van der Waals surface area contributed by atoms with Gasteiger partial charge in [-0.1, -0.05) is 95.3 Å².